The molecule has 0 bridgehead atoms. The van der Waals surface area contributed by atoms with Crippen LogP contribution in [0.4, 0.5) is 0 Å². The van der Waals surface area contributed by atoms with Gasteiger partial charge in [0.25, 0.3) is 0 Å². The molecule has 0 saturated carbocycles. The van der Waals surface area contributed by atoms with Gasteiger partial charge in [-0.3, -0.25) is 0 Å². The minimum absolute atomic E-state index is 0.283. The van der Waals surface area contributed by atoms with Crippen molar-refractivity contribution in [2.45, 2.75) is 115 Å². The molecule has 6 aromatic carbocycles. The average molecular weight is 779 g/mol. The van der Waals surface area contributed by atoms with Crippen LogP contribution in [0.15, 0.2) is 143 Å². The highest BCUT2D eigenvalue weighted by Crippen LogP contribution is 2.48. The van der Waals surface area contributed by atoms with Gasteiger partial charge in [0.05, 0.1) is 0 Å². The van der Waals surface area contributed by atoms with Crippen LogP contribution < -0.4 is 18.9 Å². The van der Waals surface area contributed by atoms with Crippen molar-refractivity contribution in [1.82, 2.24) is 0 Å². The Labute approximate surface area is 345 Å². The highest BCUT2D eigenvalue weighted by molar-refractivity contribution is 7.99. The van der Waals surface area contributed by atoms with Gasteiger partial charge in [0.1, 0.15) is 45.4 Å². The van der Waals surface area contributed by atoms with Crippen molar-refractivity contribution in [3.63, 3.8) is 0 Å². The first-order valence-electron chi connectivity index (χ1n) is 19.8. The molecule has 0 aliphatic rings. The molecule has 57 heavy (non-hydrogen) atoms. The summed E-state index contributed by atoms with van der Waals surface area (Å²) in [6.07, 6.45) is 0. The summed E-state index contributed by atoms with van der Waals surface area (Å²) in [6.45, 7) is 24.9. The van der Waals surface area contributed by atoms with E-state index >= 15 is 0 Å². The summed E-state index contributed by atoms with van der Waals surface area (Å²) in [7, 11) is 0. The molecule has 0 aliphatic carbocycles. The summed E-state index contributed by atoms with van der Waals surface area (Å²) in [5.41, 5.74) is 7.89. The Morgan fingerprint density at radius 1 is 0.298 bits per heavy atom. The molecule has 0 aromatic heterocycles. The molecule has 4 nitrogen and oxygen atoms in total. The third-order valence-electron chi connectivity index (χ3n) is 8.59. The number of ether oxygens (including phenoxy) is 4. The smallest absolute Gasteiger partial charge is 0.120 e. The van der Waals surface area contributed by atoms with E-state index in [-0.39, 0.29) is 22.4 Å². The molecule has 0 spiro atoms. The summed E-state index contributed by atoms with van der Waals surface area (Å²) in [5, 5.41) is 0. The molecular weight excluding hydrogens is 721 g/mol. The topological polar surface area (TPSA) is 36.9 Å². The lowest BCUT2D eigenvalue weighted by Gasteiger charge is -2.23. The van der Waals surface area contributed by atoms with E-state index in [0.717, 1.165) is 77.3 Å². The monoisotopic (exact) mass is 778 g/mol. The van der Waals surface area contributed by atoms with Gasteiger partial charge in [0.2, 0.25) is 0 Å². The second-order valence-corrected chi connectivity index (χ2v) is 19.5. The van der Waals surface area contributed by atoms with Crippen molar-refractivity contribution in [2.24, 2.45) is 0 Å². The van der Waals surface area contributed by atoms with Crippen LogP contribution >= 0.6 is 11.8 Å². The fraction of sp³-hybridized carbons (Fsp3) is 0.308. The molecular formula is C52H58O4S. The van der Waals surface area contributed by atoms with Gasteiger partial charge in [0, 0.05) is 20.9 Å². The van der Waals surface area contributed by atoms with Crippen LogP contribution in [0.2, 0.25) is 0 Å². The number of benzene rings is 6. The van der Waals surface area contributed by atoms with E-state index < -0.39 is 0 Å². The molecule has 5 heteroatoms. The molecule has 0 saturated heterocycles. The van der Waals surface area contributed by atoms with Crippen molar-refractivity contribution in [1.29, 1.82) is 0 Å². The lowest BCUT2D eigenvalue weighted by Crippen LogP contribution is -2.22. The quantitative estimate of drug-likeness (QED) is 0.138. The van der Waals surface area contributed by atoms with E-state index in [1.165, 1.54) is 0 Å². The Kier molecular flexibility index (Phi) is 11.9. The lowest BCUT2D eigenvalue weighted by atomic mass is 9.94. The molecule has 0 N–H and O–H groups in total. The Balaban J connectivity index is 1.50. The molecule has 6 rings (SSSR count). The SMILES string of the molecule is CC(C)(C)Oc1ccc(-c2cccc(Sc3cccc(-c4ccc(OC(C)(C)C)cc4)c3-c3ccc(OC(C)(C)C)cc3)c2-c2ccc(OC(C)(C)C)cc2)cc1. The van der Waals surface area contributed by atoms with Crippen LogP contribution in [0.25, 0.3) is 44.5 Å². The van der Waals surface area contributed by atoms with Crippen LogP contribution in [0.3, 0.4) is 0 Å². The van der Waals surface area contributed by atoms with Gasteiger partial charge in [-0.1, -0.05) is 84.6 Å². The van der Waals surface area contributed by atoms with Crippen LogP contribution in [-0.2, 0) is 0 Å². The number of rotatable bonds is 10. The molecule has 0 heterocycles. The summed E-state index contributed by atoms with van der Waals surface area (Å²) in [4.78, 5) is 2.29. The third kappa shape index (κ3) is 11.5. The zero-order chi connectivity index (χ0) is 41.2. The maximum Gasteiger partial charge on any atom is 0.120 e. The first kappa shape index (κ1) is 41.5. The van der Waals surface area contributed by atoms with E-state index in [9.17, 15) is 0 Å². The van der Waals surface area contributed by atoms with Gasteiger partial charge in [-0.05, 0) is 177 Å². The Morgan fingerprint density at radius 2 is 0.544 bits per heavy atom. The summed E-state index contributed by atoms with van der Waals surface area (Å²) >= 11 is 1.79. The summed E-state index contributed by atoms with van der Waals surface area (Å²) in [5.74, 6) is 3.38. The highest BCUT2D eigenvalue weighted by Gasteiger charge is 2.21. The van der Waals surface area contributed by atoms with Crippen molar-refractivity contribution in [3.05, 3.63) is 133 Å². The minimum Gasteiger partial charge on any atom is -0.488 e. The molecule has 0 unspecified atom stereocenters. The normalized spacial score (nSPS) is 12.3. The second kappa shape index (κ2) is 16.4. The van der Waals surface area contributed by atoms with Crippen LogP contribution in [0, 0.1) is 0 Å². The van der Waals surface area contributed by atoms with E-state index in [2.05, 4.69) is 217 Å². The van der Waals surface area contributed by atoms with Crippen molar-refractivity contribution < 1.29 is 18.9 Å². The van der Waals surface area contributed by atoms with Gasteiger partial charge in [0.15, 0.2) is 0 Å². The molecule has 0 aliphatic heterocycles. The van der Waals surface area contributed by atoms with Crippen LogP contribution in [0.1, 0.15) is 83.1 Å². The Bertz CT molecular complexity index is 2100. The van der Waals surface area contributed by atoms with Crippen molar-refractivity contribution in [3.8, 4) is 67.5 Å². The zero-order valence-corrected chi connectivity index (χ0v) is 36.6. The number of hydrogen-bond donors (Lipinski definition) is 0. The first-order valence-corrected chi connectivity index (χ1v) is 20.6. The molecule has 0 fully saturated rings. The lowest BCUT2D eigenvalue weighted by molar-refractivity contribution is 0.130. The summed E-state index contributed by atoms with van der Waals surface area (Å²) < 4.78 is 24.9. The predicted molar refractivity (Wildman–Crippen MR) is 240 cm³/mol. The van der Waals surface area contributed by atoms with Gasteiger partial charge < -0.3 is 18.9 Å². The molecule has 296 valence electrons. The minimum atomic E-state index is -0.296. The third-order valence-corrected chi connectivity index (χ3v) is 9.71. The van der Waals surface area contributed by atoms with Gasteiger partial charge in [-0.25, -0.2) is 0 Å². The predicted octanol–water partition coefficient (Wildman–Crippen LogP) is 15.2. The summed E-state index contributed by atoms with van der Waals surface area (Å²) in [6, 6.07) is 47.1. The fourth-order valence-electron chi connectivity index (χ4n) is 6.63. The standard InChI is InChI=1S/C52H58O4S/c1-49(2,3)53-39-27-19-35(20-28-39)43-15-13-17-45(47(43)37-23-31-41(32-24-37)55-51(7,8)9)57-46-18-14-16-44(36-21-29-40(30-22-36)54-50(4,5)6)48(46)38-25-33-42(34-26-38)56-52(10,11)12/h13-34H,1-12H3. The van der Waals surface area contributed by atoms with Gasteiger partial charge in [-0.15, -0.1) is 0 Å². The molecule has 0 atom stereocenters. The van der Waals surface area contributed by atoms with Crippen LogP contribution in [-0.4, -0.2) is 22.4 Å². The Hall–Kier alpha value is -5.13. The molecule has 0 amide bonds. The van der Waals surface area contributed by atoms with E-state index in [0.29, 0.717) is 0 Å². The van der Waals surface area contributed by atoms with Gasteiger partial charge >= 0.3 is 0 Å². The fourth-order valence-corrected chi connectivity index (χ4v) is 7.82. The largest absolute Gasteiger partial charge is 0.488 e. The van der Waals surface area contributed by atoms with E-state index in [4.69, 9.17) is 18.9 Å². The van der Waals surface area contributed by atoms with E-state index in [1.807, 2.05) is 0 Å². The maximum atomic E-state index is 6.24. The van der Waals surface area contributed by atoms with Crippen molar-refractivity contribution in [2.75, 3.05) is 0 Å². The van der Waals surface area contributed by atoms with E-state index in [1.54, 1.807) is 11.8 Å². The van der Waals surface area contributed by atoms with Gasteiger partial charge in [-0.2, -0.15) is 0 Å². The highest BCUT2D eigenvalue weighted by atomic mass is 32.2. The molecule has 0 radical (unpaired) electrons. The number of hydrogen-bond acceptors (Lipinski definition) is 5. The average Bonchev–Trinajstić information content (AvgIpc) is 3.10. The second-order valence-electron chi connectivity index (χ2n) is 18.4. The molecule has 6 aromatic rings. The first-order chi connectivity index (χ1) is 26.7. The van der Waals surface area contributed by atoms with Crippen LogP contribution in [0.5, 0.6) is 23.0 Å². The Morgan fingerprint density at radius 3 is 0.789 bits per heavy atom. The zero-order valence-electron chi connectivity index (χ0n) is 35.7. The van der Waals surface area contributed by atoms with Crippen molar-refractivity contribution >= 4 is 11.8 Å². The maximum absolute atomic E-state index is 6.24.